The van der Waals surface area contributed by atoms with E-state index in [2.05, 4.69) is 0 Å². The molecular weight excluding hydrogens is 588 g/mol. The number of carbonyl (C=O) groups is 3. The average molecular weight is 631 g/mol. The number of thiocarbonyl (C=S) groups is 1. The number of nitrogens with zero attached hydrogens (tertiary/aromatic N) is 4. The van der Waals surface area contributed by atoms with Gasteiger partial charge in [-0.3, -0.25) is 28.6 Å². The van der Waals surface area contributed by atoms with Crippen molar-refractivity contribution in [3.63, 3.8) is 0 Å². The van der Waals surface area contributed by atoms with E-state index in [9.17, 15) is 24.4 Å². The zero-order chi connectivity index (χ0) is 31.5. The molecular formula is C31H42N4O6S2. The molecule has 1 atom stereocenters. The molecule has 1 aromatic rings. The van der Waals surface area contributed by atoms with Crippen molar-refractivity contribution in [2.45, 2.75) is 84.5 Å². The molecule has 10 nitrogen and oxygen atoms in total. The molecule has 12 heteroatoms. The highest BCUT2D eigenvalue weighted by atomic mass is 32.2. The molecule has 1 amide bonds. The zero-order valence-electron chi connectivity index (χ0n) is 25.4. The highest BCUT2D eigenvalue weighted by Crippen LogP contribution is 2.37. The number of rotatable bonds is 15. The molecule has 0 saturated carbocycles. The summed E-state index contributed by atoms with van der Waals surface area (Å²) < 4.78 is 7.19. The minimum absolute atomic E-state index is 0.0221. The van der Waals surface area contributed by atoms with E-state index in [1.54, 1.807) is 31.9 Å². The predicted octanol–water partition coefficient (Wildman–Crippen LogP) is 5.14. The van der Waals surface area contributed by atoms with Crippen molar-refractivity contribution in [1.82, 2.24) is 9.47 Å². The third-order valence-electron chi connectivity index (χ3n) is 7.98. The van der Waals surface area contributed by atoms with Crippen molar-refractivity contribution < 1.29 is 24.2 Å². The third kappa shape index (κ3) is 8.92. The van der Waals surface area contributed by atoms with E-state index in [1.807, 2.05) is 11.0 Å². The molecule has 1 N–H and O–H groups in total. The number of hydrogen-bond acceptors (Lipinski definition) is 9. The van der Waals surface area contributed by atoms with Crippen LogP contribution in [0.2, 0.25) is 0 Å². The maximum absolute atomic E-state index is 13.5. The van der Waals surface area contributed by atoms with E-state index in [-0.39, 0.29) is 29.8 Å². The minimum Gasteiger partial charge on any atom is -0.481 e. The van der Waals surface area contributed by atoms with Crippen molar-refractivity contribution in [2.24, 2.45) is 13.0 Å². The summed E-state index contributed by atoms with van der Waals surface area (Å²) in [6.07, 6.45) is 11.1. The lowest BCUT2D eigenvalue weighted by molar-refractivity contribution is -0.148. The van der Waals surface area contributed by atoms with Crippen LogP contribution in [0.15, 0.2) is 9.70 Å². The van der Waals surface area contributed by atoms with Gasteiger partial charge in [0.15, 0.2) is 0 Å². The number of carboxylic acid groups (broad SMARTS) is 1. The normalized spacial score (nSPS) is 17.9. The first-order valence-electron chi connectivity index (χ1n) is 15.1. The molecule has 3 heterocycles. The van der Waals surface area contributed by atoms with Crippen LogP contribution in [0, 0.1) is 24.2 Å². The van der Waals surface area contributed by atoms with Crippen LogP contribution in [0.1, 0.15) is 94.2 Å². The lowest BCUT2D eigenvalue weighted by atomic mass is 9.96. The van der Waals surface area contributed by atoms with Crippen LogP contribution < -0.4 is 10.5 Å². The van der Waals surface area contributed by atoms with Gasteiger partial charge in [-0.1, -0.05) is 62.5 Å². The minimum atomic E-state index is -0.742. The Labute approximate surface area is 263 Å². The summed E-state index contributed by atoms with van der Waals surface area (Å²) in [4.78, 5) is 53.7. The maximum Gasteiger partial charge on any atom is 0.310 e. The van der Waals surface area contributed by atoms with E-state index in [1.165, 1.54) is 16.3 Å². The largest absolute Gasteiger partial charge is 0.481 e. The number of nitriles is 1. The fourth-order valence-corrected chi connectivity index (χ4v) is 6.94. The monoisotopic (exact) mass is 630 g/mol. The molecule has 2 fully saturated rings. The molecule has 1 aromatic heterocycles. The molecule has 2 saturated heterocycles. The topological polar surface area (TPSA) is 133 Å². The Morgan fingerprint density at radius 3 is 2.42 bits per heavy atom. The van der Waals surface area contributed by atoms with Crippen molar-refractivity contribution in [3.05, 3.63) is 31.9 Å². The number of esters is 1. The van der Waals surface area contributed by atoms with Gasteiger partial charge < -0.3 is 14.7 Å². The van der Waals surface area contributed by atoms with E-state index in [4.69, 9.17) is 22.1 Å². The Balaban J connectivity index is 1.72. The molecule has 0 bridgehead atoms. The van der Waals surface area contributed by atoms with Crippen molar-refractivity contribution >= 4 is 58.0 Å². The number of carboxylic acids is 1. The van der Waals surface area contributed by atoms with Crippen LogP contribution in [-0.4, -0.2) is 63.0 Å². The van der Waals surface area contributed by atoms with Gasteiger partial charge in [0, 0.05) is 38.7 Å². The van der Waals surface area contributed by atoms with E-state index < -0.39 is 11.5 Å². The molecule has 0 spiro atoms. The van der Waals surface area contributed by atoms with Crippen molar-refractivity contribution in [3.8, 4) is 6.07 Å². The molecule has 2 aliphatic rings. The fourth-order valence-electron chi connectivity index (χ4n) is 5.65. The standard InChI is InChI=1S/C31H42N4O6S2/c1-4-41-30(40)22-14-13-16-34(20-22)27-23(21(2)24(19-32)28(38)33(27)3)18-25-29(39)35(31(42)43-25)17-12-10-8-6-5-7-9-11-15-26(36)37/h18,22H,4-17,20H2,1-3H3,(H,36,37)/b25-18+. The summed E-state index contributed by atoms with van der Waals surface area (Å²) in [7, 11) is 1.62. The van der Waals surface area contributed by atoms with Crippen molar-refractivity contribution in [1.29, 1.82) is 5.26 Å². The Hall–Kier alpha value is -3.17. The highest BCUT2D eigenvalue weighted by Gasteiger charge is 2.34. The molecule has 1 unspecified atom stereocenters. The lowest BCUT2D eigenvalue weighted by Crippen LogP contribution is -2.42. The first-order chi connectivity index (χ1) is 20.6. The Morgan fingerprint density at radius 2 is 1.79 bits per heavy atom. The number of aliphatic carboxylic acids is 1. The predicted molar refractivity (Wildman–Crippen MR) is 172 cm³/mol. The number of hydrogen-bond donors (Lipinski definition) is 1. The summed E-state index contributed by atoms with van der Waals surface area (Å²) in [5.41, 5.74) is 0.700. The third-order valence-corrected chi connectivity index (χ3v) is 9.36. The number of pyridine rings is 1. The zero-order valence-corrected chi connectivity index (χ0v) is 27.0. The van der Waals surface area contributed by atoms with E-state index in [0.29, 0.717) is 58.8 Å². The van der Waals surface area contributed by atoms with Gasteiger partial charge in [-0.15, -0.1) is 0 Å². The van der Waals surface area contributed by atoms with Gasteiger partial charge in [0.1, 0.15) is 21.8 Å². The van der Waals surface area contributed by atoms with Gasteiger partial charge in [-0.2, -0.15) is 5.26 Å². The Morgan fingerprint density at radius 1 is 1.14 bits per heavy atom. The second-order valence-electron chi connectivity index (χ2n) is 11.1. The number of ether oxygens (including phenoxy) is 1. The second-order valence-corrected chi connectivity index (χ2v) is 12.7. The van der Waals surface area contributed by atoms with Gasteiger partial charge in [-0.25, -0.2) is 0 Å². The summed E-state index contributed by atoms with van der Waals surface area (Å²) in [6, 6.07) is 2.03. The maximum atomic E-state index is 13.5. The number of aromatic nitrogens is 1. The number of carbonyl (C=O) groups excluding carboxylic acids is 2. The molecule has 0 radical (unpaired) electrons. The molecule has 2 aliphatic heterocycles. The van der Waals surface area contributed by atoms with Crippen LogP contribution >= 0.6 is 24.0 Å². The Kier molecular flexibility index (Phi) is 13.3. The van der Waals surface area contributed by atoms with Crippen LogP contribution in [0.25, 0.3) is 6.08 Å². The summed E-state index contributed by atoms with van der Waals surface area (Å²) in [5.74, 6) is -0.949. The van der Waals surface area contributed by atoms with Gasteiger partial charge in [0.25, 0.3) is 11.5 Å². The van der Waals surface area contributed by atoms with E-state index >= 15 is 0 Å². The van der Waals surface area contributed by atoms with Crippen LogP contribution in [0.5, 0.6) is 0 Å². The average Bonchev–Trinajstić information content (AvgIpc) is 3.24. The fraction of sp³-hybridized carbons (Fsp3) is 0.613. The highest BCUT2D eigenvalue weighted by molar-refractivity contribution is 8.26. The van der Waals surface area contributed by atoms with E-state index in [0.717, 1.165) is 57.8 Å². The van der Waals surface area contributed by atoms with Crippen LogP contribution in [-0.2, 0) is 26.2 Å². The number of piperidine rings is 1. The Bertz CT molecular complexity index is 1350. The smallest absolute Gasteiger partial charge is 0.310 e. The van der Waals surface area contributed by atoms with Crippen LogP contribution in [0.3, 0.4) is 0 Å². The second kappa shape index (κ2) is 16.6. The molecule has 43 heavy (non-hydrogen) atoms. The van der Waals surface area contributed by atoms with Gasteiger partial charge in [0.05, 0.1) is 17.4 Å². The summed E-state index contributed by atoms with van der Waals surface area (Å²) in [5, 5.41) is 18.5. The number of thioether (sulfide) groups is 1. The molecule has 0 aromatic carbocycles. The summed E-state index contributed by atoms with van der Waals surface area (Å²) in [6.45, 7) is 5.31. The van der Waals surface area contributed by atoms with Gasteiger partial charge >= 0.3 is 11.9 Å². The first kappa shape index (κ1) is 34.3. The molecule has 234 valence electrons. The lowest BCUT2D eigenvalue weighted by Gasteiger charge is -2.35. The quantitative estimate of drug-likeness (QED) is 0.120. The number of anilines is 1. The number of unbranched alkanes of at least 4 members (excludes halogenated alkanes) is 7. The SMILES string of the molecule is CCOC(=O)C1CCCN(c2c(/C=C3/SC(=S)N(CCCCCCCCCCC(=O)O)C3=O)c(C)c(C#N)c(=O)n2C)C1. The summed E-state index contributed by atoms with van der Waals surface area (Å²) >= 11 is 6.78. The van der Waals surface area contributed by atoms with Crippen molar-refractivity contribution in [2.75, 3.05) is 31.1 Å². The first-order valence-corrected chi connectivity index (χ1v) is 16.4. The van der Waals surface area contributed by atoms with Crippen LogP contribution in [0.4, 0.5) is 5.82 Å². The number of amides is 1. The molecule has 0 aliphatic carbocycles. The van der Waals surface area contributed by atoms with Gasteiger partial charge in [0.2, 0.25) is 0 Å². The van der Waals surface area contributed by atoms with Gasteiger partial charge in [-0.05, 0) is 51.2 Å². The molecule has 3 rings (SSSR count).